The van der Waals surface area contributed by atoms with Crippen molar-refractivity contribution in [2.24, 2.45) is 0 Å². The Balaban J connectivity index is 1.77. The van der Waals surface area contributed by atoms with Crippen LogP contribution >= 0.6 is 34.8 Å². The summed E-state index contributed by atoms with van der Waals surface area (Å²) in [4.78, 5) is 15.6. The number of rotatable bonds is 6. The Morgan fingerprint density at radius 3 is 2.71 bits per heavy atom. The molecule has 0 saturated carbocycles. The maximum absolute atomic E-state index is 11.6. The zero-order chi connectivity index (χ0) is 15.2. The van der Waals surface area contributed by atoms with Gasteiger partial charge < -0.3 is 10.1 Å². The normalized spacial score (nSPS) is 10.4. The Labute approximate surface area is 135 Å². The fourth-order valence-electron chi connectivity index (χ4n) is 1.48. The van der Waals surface area contributed by atoms with E-state index in [9.17, 15) is 4.79 Å². The second kappa shape index (κ2) is 7.49. The van der Waals surface area contributed by atoms with E-state index in [0.717, 1.165) is 0 Å². The van der Waals surface area contributed by atoms with Crippen LogP contribution in [-0.4, -0.2) is 34.2 Å². The van der Waals surface area contributed by atoms with E-state index in [1.165, 1.54) is 18.5 Å². The molecule has 112 valence electrons. The summed E-state index contributed by atoms with van der Waals surface area (Å²) in [6.45, 7) is 0.251. The SMILES string of the molecule is O=C(COc1cc(Cl)c(Cl)cc1Cl)NCCc1ncn[nH]1. The van der Waals surface area contributed by atoms with Gasteiger partial charge in [-0.3, -0.25) is 9.89 Å². The predicted molar refractivity (Wildman–Crippen MR) is 80.1 cm³/mol. The third-order valence-electron chi connectivity index (χ3n) is 2.48. The van der Waals surface area contributed by atoms with Crippen molar-refractivity contribution in [3.8, 4) is 5.75 Å². The van der Waals surface area contributed by atoms with E-state index in [1.54, 1.807) is 0 Å². The van der Waals surface area contributed by atoms with Gasteiger partial charge in [0.1, 0.15) is 17.9 Å². The van der Waals surface area contributed by atoms with Crippen molar-refractivity contribution in [3.63, 3.8) is 0 Å². The lowest BCUT2D eigenvalue weighted by Gasteiger charge is -2.09. The quantitative estimate of drug-likeness (QED) is 0.785. The average Bonchev–Trinajstić information content (AvgIpc) is 2.94. The Morgan fingerprint density at radius 1 is 1.24 bits per heavy atom. The Morgan fingerprint density at radius 2 is 2.00 bits per heavy atom. The summed E-state index contributed by atoms with van der Waals surface area (Å²) in [6, 6.07) is 2.93. The average molecular weight is 350 g/mol. The summed E-state index contributed by atoms with van der Waals surface area (Å²) >= 11 is 17.6. The molecule has 0 fully saturated rings. The third-order valence-corrected chi connectivity index (χ3v) is 3.50. The van der Waals surface area contributed by atoms with Crippen molar-refractivity contribution in [2.75, 3.05) is 13.2 Å². The standard InChI is InChI=1S/C12H11Cl3N4O2/c13-7-3-9(15)10(4-8(7)14)21-5-12(20)16-2-1-11-17-6-18-19-11/h3-4,6H,1-2,5H2,(H,16,20)(H,17,18,19). The van der Waals surface area contributed by atoms with Gasteiger partial charge in [-0.15, -0.1) is 0 Å². The first-order valence-electron chi connectivity index (χ1n) is 5.94. The van der Waals surface area contributed by atoms with Crippen molar-refractivity contribution in [3.05, 3.63) is 39.4 Å². The first kappa shape index (κ1) is 15.9. The van der Waals surface area contributed by atoms with Gasteiger partial charge >= 0.3 is 0 Å². The van der Waals surface area contributed by atoms with Gasteiger partial charge in [0.25, 0.3) is 5.91 Å². The van der Waals surface area contributed by atoms with Crippen LogP contribution < -0.4 is 10.1 Å². The molecule has 0 aliphatic rings. The van der Waals surface area contributed by atoms with E-state index in [-0.39, 0.29) is 12.5 Å². The highest BCUT2D eigenvalue weighted by atomic mass is 35.5. The lowest BCUT2D eigenvalue weighted by molar-refractivity contribution is -0.123. The van der Waals surface area contributed by atoms with Crippen LogP contribution in [0.3, 0.4) is 0 Å². The molecule has 0 radical (unpaired) electrons. The lowest BCUT2D eigenvalue weighted by atomic mass is 10.3. The van der Waals surface area contributed by atoms with Gasteiger partial charge in [-0.25, -0.2) is 4.98 Å². The highest BCUT2D eigenvalue weighted by Crippen LogP contribution is 2.33. The Bertz CT molecular complexity index is 619. The number of ether oxygens (including phenoxy) is 1. The van der Waals surface area contributed by atoms with Gasteiger partial charge in [-0.05, 0) is 6.07 Å². The molecular formula is C12H11Cl3N4O2. The molecule has 21 heavy (non-hydrogen) atoms. The fourth-order valence-corrected chi connectivity index (χ4v) is 2.07. The van der Waals surface area contributed by atoms with Crippen molar-refractivity contribution < 1.29 is 9.53 Å². The molecule has 6 nitrogen and oxygen atoms in total. The number of hydrogen-bond donors (Lipinski definition) is 2. The molecule has 0 atom stereocenters. The van der Waals surface area contributed by atoms with Gasteiger partial charge in [0, 0.05) is 19.0 Å². The topological polar surface area (TPSA) is 79.9 Å². The van der Waals surface area contributed by atoms with E-state index in [1.807, 2.05) is 0 Å². The fraction of sp³-hybridized carbons (Fsp3) is 0.250. The number of carbonyl (C=O) groups excluding carboxylic acids is 1. The van der Waals surface area contributed by atoms with Crippen LogP contribution in [0.5, 0.6) is 5.75 Å². The van der Waals surface area contributed by atoms with Gasteiger partial charge in [-0.2, -0.15) is 5.10 Å². The number of nitrogens with zero attached hydrogens (tertiary/aromatic N) is 2. The van der Waals surface area contributed by atoms with Gasteiger partial charge in [0.15, 0.2) is 6.61 Å². The number of aromatic nitrogens is 3. The van der Waals surface area contributed by atoms with Crippen LogP contribution in [0, 0.1) is 0 Å². The van der Waals surface area contributed by atoms with E-state index in [0.29, 0.717) is 39.6 Å². The molecule has 0 aliphatic heterocycles. The number of halogens is 3. The molecule has 1 amide bonds. The van der Waals surface area contributed by atoms with Crippen molar-refractivity contribution in [1.29, 1.82) is 0 Å². The molecule has 0 saturated heterocycles. The van der Waals surface area contributed by atoms with E-state index in [2.05, 4.69) is 20.5 Å². The molecule has 0 unspecified atom stereocenters. The van der Waals surface area contributed by atoms with Crippen molar-refractivity contribution in [1.82, 2.24) is 20.5 Å². The van der Waals surface area contributed by atoms with Crippen molar-refractivity contribution in [2.45, 2.75) is 6.42 Å². The monoisotopic (exact) mass is 348 g/mol. The highest BCUT2D eigenvalue weighted by Gasteiger charge is 2.09. The smallest absolute Gasteiger partial charge is 0.257 e. The second-order valence-corrected chi connectivity index (χ2v) is 5.24. The summed E-state index contributed by atoms with van der Waals surface area (Å²) in [5.74, 6) is 0.719. The molecule has 2 rings (SSSR count). The maximum Gasteiger partial charge on any atom is 0.257 e. The molecule has 1 heterocycles. The van der Waals surface area contributed by atoms with Crippen LogP contribution in [-0.2, 0) is 11.2 Å². The molecule has 9 heteroatoms. The van der Waals surface area contributed by atoms with Gasteiger partial charge in [0.2, 0.25) is 0 Å². The Hall–Kier alpha value is -1.50. The minimum atomic E-state index is -0.281. The zero-order valence-electron chi connectivity index (χ0n) is 10.7. The van der Waals surface area contributed by atoms with E-state index >= 15 is 0 Å². The molecule has 2 N–H and O–H groups in total. The molecule has 0 bridgehead atoms. The first-order chi connectivity index (χ1) is 10.1. The number of amides is 1. The van der Waals surface area contributed by atoms with Crippen LogP contribution in [0.1, 0.15) is 5.82 Å². The number of hydrogen-bond acceptors (Lipinski definition) is 4. The molecule has 0 aliphatic carbocycles. The molecule has 1 aromatic heterocycles. The first-order valence-corrected chi connectivity index (χ1v) is 7.08. The summed E-state index contributed by atoms with van der Waals surface area (Å²) in [5, 5.41) is 10.0. The molecule has 0 spiro atoms. The number of benzene rings is 1. The van der Waals surface area contributed by atoms with E-state index < -0.39 is 0 Å². The minimum Gasteiger partial charge on any atom is -0.482 e. The van der Waals surface area contributed by atoms with Crippen LogP contribution in [0.4, 0.5) is 0 Å². The maximum atomic E-state index is 11.6. The summed E-state index contributed by atoms with van der Waals surface area (Å²) in [6.07, 6.45) is 1.96. The van der Waals surface area contributed by atoms with Crippen molar-refractivity contribution >= 4 is 40.7 Å². The lowest BCUT2D eigenvalue weighted by Crippen LogP contribution is -2.30. The Kier molecular flexibility index (Phi) is 5.67. The van der Waals surface area contributed by atoms with Crippen LogP contribution in [0.15, 0.2) is 18.5 Å². The number of aromatic amines is 1. The van der Waals surface area contributed by atoms with Crippen LogP contribution in [0.2, 0.25) is 15.1 Å². The molecule has 2 aromatic rings. The molecular weight excluding hydrogens is 339 g/mol. The number of nitrogens with one attached hydrogen (secondary N) is 2. The van der Waals surface area contributed by atoms with Gasteiger partial charge in [0.05, 0.1) is 15.1 Å². The third kappa shape index (κ3) is 4.77. The van der Waals surface area contributed by atoms with E-state index in [4.69, 9.17) is 39.5 Å². The molecule has 1 aromatic carbocycles. The summed E-state index contributed by atoms with van der Waals surface area (Å²) < 4.78 is 5.30. The highest BCUT2D eigenvalue weighted by molar-refractivity contribution is 6.43. The summed E-state index contributed by atoms with van der Waals surface area (Å²) in [7, 11) is 0. The van der Waals surface area contributed by atoms with Crippen LogP contribution in [0.25, 0.3) is 0 Å². The number of H-pyrrole nitrogens is 1. The largest absolute Gasteiger partial charge is 0.482 e. The minimum absolute atomic E-state index is 0.173. The predicted octanol–water partition coefficient (Wildman–Crippen LogP) is 2.50. The van der Waals surface area contributed by atoms with Gasteiger partial charge in [-0.1, -0.05) is 34.8 Å². The summed E-state index contributed by atoms with van der Waals surface area (Å²) in [5.41, 5.74) is 0. The zero-order valence-corrected chi connectivity index (χ0v) is 13.0. The second-order valence-electron chi connectivity index (χ2n) is 4.02. The number of carbonyl (C=O) groups is 1.